The number of amides is 2. The Bertz CT molecular complexity index is 709. The third kappa shape index (κ3) is 3.41. The molecule has 0 aliphatic carbocycles. The molecule has 6 heteroatoms. The molecule has 2 amide bonds. The van der Waals surface area contributed by atoms with Crippen molar-refractivity contribution in [1.29, 1.82) is 0 Å². The van der Waals surface area contributed by atoms with Crippen LogP contribution in [0.1, 0.15) is 34.5 Å². The smallest absolute Gasteiger partial charge is 0.257 e. The van der Waals surface area contributed by atoms with Gasteiger partial charge in [0.25, 0.3) is 5.91 Å². The first-order chi connectivity index (χ1) is 11.1. The van der Waals surface area contributed by atoms with Crippen molar-refractivity contribution >= 4 is 11.8 Å². The Balaban J connectivity index is 1.81. The lowest BCUT2D eigenvalue weighted by Gasteiger charge is -2.22. The topological polar surface area (TPSA) is 81.2 Å². The monoisotopic (exact) mass is 312 g/mol. The molecule has 2 heterocycles. The largest absolute Gasteiger partial charge is 0.370 e. The molecule has 2 aromatic rings. The molecule has 0 spiro atoms. The maximum absolute atomic E-state index is 12.9. The summed E-state index contributed by atoms with van der Waals surface area (Å²) in [6, 6.07) is 9.73. The number of carbonyl (C=O) groups is 2. The van der Waals surface area contributed by atoms with Crippen molar-refractivity contribution in [3.8, 4) is 0 Å². The lowest BCUT2D eigenvalue weighted by molar-refractivity contribution is -0.118. The number of nitrogens with two attached hydrogens (primary N) is 1. The molecule has 0 bridgehead atoms. The summed E-state index contributed by atoms with van der Waals surface area (Å²) in [4.78, 5) is 25.7. The van der Waals surface area contributed by atoms with Crippen LogP contribution in [0.3, 0.4) is 0 Å². The van der Waals surface area contributed by atoms with Gasteiger partial charge in [-0.05, 0) is 18.4 Å². The average Bonchev–Trinajstić information content (AvgIpc) is 3.14. The van der Waals surface area contributed by atoms with Crippen LogP contribution in [0.25, 0.3) is 0 Å². The molecule has 1 aromatic heterocycles. The van der Waals surface area contributed by atoms with Crippen LogP contribution in [0.2, 0.25) is 0 Å². The van der Waals surface area contributed by atoms with Gasteiger partial charge in [0.15, 0.2) is 0 Å². The van der Waals surface area contributed by atoms with E-state index in [9.17, 15) is 9.59 Å². The van der Waals surface area contributed by atoms with E-state index in [-0.39, 0.29) is 12.3 Å². The van der Waals surface area contributed by atoms with Crippen LogP contribution in [0, 0.1) is 0 Å². The van der Waals surface area contributed by atoms with E-state index in [0.717, 1.165) is 30.6 Å². The van der Waals surface area contributed by atoms with Crippen LogP contribution < -0.4 is 5.73 Å². The highest BCUT2D eigenvalue weighted by molar-refractivity contribution is 5.95. The summed E-state index contributed by atoms with van der Waals surface area (Å²) in [5.41, 5.74) is 7.91. The standard InChI is InChI=1S/C17H20N4O2/c18-16(22)8-10-20(12-13-5-2-1-3-6-13)17(23)14-11-19-21-9-4-7-15(14)21/h1-3,5-6,11H,4,7-10,12H2,(H2,18,22). The third-order valence-corrected chi connectivity index (χ3v) is 4.09. The van der Waals surface area contributed by atoms with E-state index in [1.807, 2.05) is 35.0 Å². The number of carbonyl (C=O) groups excluding carboxylic acids is 2. The molecule has 120 valence electrons. The molecule has 0 fully saturated rings. The molecule has 3 rings (SSSR count). The number of aryl methyl sites for hydroxylation is 1. The number of benzene rings is 1. The maximum Gasteiger partial charge on any atom is 0.257 e. The molecule has 0 unspecified atom stereocenters. The number of hydrogen-bond acceptors (Lipinski definition) is 3. The van der Waals surface area contributed by atoms with E-state index >= 15 is 0 Å². The number of hydrogen-bond donors (Lipinski definition) is 1. The van der Waals surface area contributed by atoms with E-state index in [1.165, 1.54) is 0 Å². The minimum Gasteiger partial charge on any atom is -0.370 e. The average molecular weight is 312 g/mol. The van der Waals surface area contributed by atoms with Gasteiger partial charge in [0.1, 0.15) is 0 Å². The molecule has 0 saturated carbocycles. The van der Waals surface area contributed by atoms with Crippen LogP contribution in [-0.4, -0.2) is 33.0 Å². The van der Waals surface area contributed by atoms with Crippen molar-refractivity contribution in [1.82, 2.24) is 14.7 Å². The maximum atomic E-state index is 12.9. The van der Waals surface area contributed by atoms with Gasteiger partial charge in [-0.25, -0.2) is 0 Å². The molecule has 23 heavy (non-hydrogen) atoms. The Labute approximate surface area is 134 Å². The minimum atomic E-state index is -0.406. The summed E-state index contributed by atoms with van der Waals surface area (Å²) < 4.78 is 1.89. The molecule has 1 aliphatic heterocycles. The van der Waals surface area contributed by atoms with Gasteiger partial charge in [-0.2, -0.15) is 5.10 Å². The van der Waals surface area contributed by atoms with Crippen LogP contribution in [0.4, 0.5) is 0 Å². The fourth-order valence-electron chi connectivity index (χ4n) is 2.91. The number of primary amides is 1. The van der Waals surface area contributed by atoms with Crippen molar-refractivity contribution in [3.63, 3.8) is 0 Å². The van der Waals surface area contributed by atoms with E-state index in [4.69, 9.17) is 5.73 Å². The second-order valence-corrected chi connectivity index (χ2v) is 5.76. The SMILES string of the molecule is NC(=O)CCN(Cc1ccccc1)C(=O)c1cnn2c1CCC2. The quantitative estimate of drug-likeness (QED) is 0.874. The normalized spacial score (nSPS) is 12.9. The van der Waals surface area contributed by atoms with Gasteiger partial charge in [-0.3, -0.25) is 14.3 Å². The molecule has 1 aliphatic rings. The van der Waals surface area contributed by atoms with Gasteiger partial charge in [-0.15, -0.1) is 0 Å². The van der Waals surface area contributed by atoms with Crippen LogP contribution in [0.15, 0.2) is 36.5 Å². The second kappa shape index (κ2) is 6.64. The number of nitrogens with zero attached hydrogens (tertiary/aromatic N) is 3. The summed E-state index contributed by atoms with van der Waals surface area (Å²) in [7, 11) is 0. The highest BCUT2D eigenvalue weighted by Gasteiger charge is 2.25. The molecule has 1 aromatic carbocycles. The molecule has 2 N–H and O–H groups in total. The van der Waals surface area contributed by atoms with E-state index in [0.29, 0.717) is 18.7 Å². The van der Waals surface area contributed by atoms with Gasteiger partial charge in [0.2, 0.25) is 5.91 Å². The fraction of sp³-hybridized carbons (Fsp3) is 0.353. The van der Waals surface area contributed by atoms with Crippen molar-refractivity contribution < 1.29 is 9.59 Å². The first kappa shape index (κ1) is 15.3. The Kier molecular flexibility index (Phi) is 4.41. The van der Waals surface area contributed by atoms with Gasteiger partial charge in [0, 0.05) is 26.1 Å². The van der Waals surface area contributed by atoms with Gasteiger partial charge >= 0.3 is 0 Å². The lowest BCUT2D eigenvalue weighted by atomic mass is 10.1. The third-order valence-electron chi connectivity index (χ3n) is 4.09. The second-order valence-electron chi connectivity index (χ2n) is 5.76. The Morgan fingerprint density at radius 3 is 2.78 bits per heavy atom. The van der Waals surface area contributed by atoms with Crippen LogP contribution in [0.5, 0.6) is 0 Å². The van der Waals surface area contributed by atoms with Gasteiger partial charge < -0.3 is 10.6 Å². The van der Waals surface area contributed by atoms with E-state index < -0.39 is 5.91 Å². The lowest BCUT2D eigenvalue weighted by Crippen LogP contribution is -2.34. The molecule has 6 nitrogen and oxygen atoms in total. The van der Waals surface area contributed by atoms with Crippen molar-refractivity contribution in [3.05, 3.63) is 53.3 Å². The Hall–Kier alpha value is -2.63. The Morgan fingerprint density at radius 1 is 1.26 bits per heavy atom. The van der Waals surface area contributed by atoms with Crippen molar-refractivity contribution in [2.75, 3.05) is 6.54 Å². The molecule has 0 saturated heterocycles. The van der Waals surface area contributed by atoms with Gasteiger partial charge in [-0.1, -0.05) is 30.3 Å². The van der Waals surface area contributed by atoms with Crippen molar-refractivity contribution in [2.45, 2.75) is 32.4 Å². The number of aromatic nitrogens is 2. The molecule has 0 radical (unpaired) electrons. The summed E-state index contributed by atoms with van der Waals surface area (Å²) in [6.45, 7) is 1.63. The van der Waals surface area contributed by atoms with E-state index in [2.05, 4.69) is 5.10 Å². The van der Waals surface area contributed by atoms with Crippen LogP contribution >= 0.6 is 0 Å². The zero-order valence-corrected chi connectivity index (χ0v) is 12.9. The number of rotatable bonds is 6. The Morgan fingerprint density at radius 2 is 2.04 bits per heavy atom. The molecular formula is C17H20N4O2. The zero-order chi connectivity index (χ0) is 16.2. The van der Waals surface area contributed by atoms with Gasteiger partial charge in [0.05, 0.1) is 17.5 Å². The first-order valence-electron chi connectivity index (χ1n) is 7.81. The molecular weight excluding hydrogens is 292 g/mol. The summed E-state index contributed by atoms with van der Waals surface area (Å²) in [6.07, 6.45) is 3.68. The highest BCUT2D eigenvalue weighted by Crippen LogP contribution is 2.20. The summed E-state index contributed by atoms with van der Waals surface area (Å²) in [5, 5.41) is 4.28. The predicted octanol–water partition coefficient (Wildman–Crippen LogP) is 1.35. The predicted molar refractivity (Wildman–Crippen MR) is 85.5 cm³/mol. The van der Waals surface area contributed by atoms with E-state index in [1.54, 1.807) is 11.1 Å². The summed E-state index contributed by atoms with van der Waals surface area (Å²) >= 11 is 0. The van der Waals surface area contributed by atoms with Crippen LogP contribution in [-0.2, 0) is 24.3 Å². The summed E-state index contributed by atoms with van der Waals surface area (Å²) in [5.74, 6) is -0.491. The minimum absolute atomic E-state index is 0.0850. The highest BCUT2D eigenvalue weighted by atomic mass is 16.2. The molecule has 0 atom stereocenters. The fourth-order valence-corrected chi connectivity index (χ4v) is 2.91. The first-order valence-corrected chi connectivity index (χ1v) is 7.81. The number of fused-ring (bicyclic) bond motifs is 1. The van der Waals surface area contributed by atoms with Crippen molar-refractivity contribution in [2.24, 2.45) is 5.73 Å². The zero-order valence-electron chi connectivity index (χ0n) is 12.9.